The summed E-state index contributed by atoms with van der Waals surface area (Å²) in [5.41, 5.74) is 0.759. The van der Waals surface area contributed by atoms with Gasteiger partial charge in [-0.3, -0.25) is 9.69 Å². The molecule has 10 heteroatoms. The van der Waals surface area contributed by atoms with Crippen molar-refractivity contribution in [2.75, 3.05) is 25.0 Å². The van der Waals surface area contributed by atoms with Crippen LogP contribution in [0.4, 0.5) is 5.69 Å². The van der Waals surface area contributed by atoms with E-state index in [2.05, 4.69) is 31.0 Å². The van der Waals surface area contributed by atoms with Gasteiger partial charge in [0.15, 0.2) is 0 Å². The summed E-state index contributed by atoms with van der Waals surface area (Å²) in [6.45, 7) is 1.52. The van der Waals surface area contributed by atoms with E-state index < -0.39 is 10.0 Å². The van der Waals surface area contributed by atoms with Crippen LogP contribution >= 0.6 is 27.5 Å². The lowest BCUT2D eigenvalue weighted by Crippen LogP contribution is -2.46. The Hall–Kier alpha value is -1.52. The maximum atomic E-state index is 12.6. The molecule has 1 aliphatic heterocycles. The predicted molar refractivity (Wildman–Crippen MR) is 112 cm³/mol. The van der Waals surface area contributed by atoms with Crippen molar-refractivity contribution in [1.29, 1.82) is 0 Å². The molecule has 1 aromatic carbocycles. The summed E-state index contributed by atoms with van der Waals surface area (Å²) < 4.78 is 28.4. The third-order valence-corrected chi connectivity index (χ3v) is 6.78. The lowest BCUT2D eigenvalue weighted by Gasteiger charge is -2.31. The molecule has 0 bridgehead atoms. The first-order valence-corrected chi connectivity index (χ1v) is 11.4. The standard InChI is InChI=1S/C18H20BrClN4O3S/c19-13-10-16(18(20)21-11-13)28(26,27)23-15-6-8-24(9-7-15)12-17(25)22-14-4-2-1-3-5-14/h1-5,10-11,15,23H,6-9,12H2,(H,22,25). The Labute approximate surface area is 177 Å². The van der Waals surface area contributed by atoms with Gasteiger partial charge in [-0.1, -0.05) is 29.8 Å². The molecule has 2 N–H and O–H groups in total. The van der Waals surface area contributed by atoms with Crippen LogP contribution in [-0.4, -0.2) is 49.9 Å². The topological polar surface area (TPSA) is 91.4 Å². The number of nitrogens with zero attached hydrogens (tertiary/aromatic N) is 2. The van der Waals surface area contributed by atoms with Crippen molar-refractivity contribution in [3.63, 3.8) is 0 Å². The van der Waals surface area contributed by atoms with E-state index in [9.17, 15) is 13.2 Å². The normalized spacial score (nSPS) is 16.1. The highest BCUT2D eigenvalue weighted by molar-refractivity contribution is 9.10. The van der Waals surface area contributed by atoms with Crippen LogP contribution in [0, 0.1) is 0 Å². The van der Waals surface area contributed by atoms with Crippen molar-refractivity contribution in [3.8, 4) is 0 Å². The molecular weight excluding hydrogens is 468 g/mol. The number of para-hydroxylation sites is 1. The number of anilines is 1. The second kappa shape index (κ2) is 9.32. The number of hydrogen-bond acceptors (Lipinski definition) is 5. The van der Waals surface area contributed by atoms with E-state index >= 15 is 0 Å². The minimum atomic E-state index is -3.77. The fraction of sp³-hybridized carbons (Fsp3) is 0.333. The van der Waals surface area contributed by atoms with Crippen LogP contribution in [0.15, 0.2) is 52.0 Å². The van der Waals surface area contributed by atoms with E-state index in [0.717, 1.165) is 5.69 Å². The maximum Gasteiger partial charge on any atom is 0.243 e. The molecule has 0 radical (unpaired) electrons. The molecule has 28 heavy (non-hydrogen) atoms. The van der Waals surface area contributed by atoms with Gasteiger partial charge in [-0.15, -0.1) is 0 Å². The highest BCUT2D eigenvalue weighted by Crippen LogP contribution is 2.24. The second-order valence-corrected chi connectivity index (χ2v) is 9.48. The number of amides is 1. The van der Waals surface area contributed by atoms with E-state index in [0.29, 0.717) is 30.4 Å². The van der Waals surface area contributed by atoms with Gasteiger partial charge in [0, 0.05) is 35.5 Å². The molecular formula is C18H20BrClN4O3S. The lowest BCUT2D eigenvalue weighted by atomic mass is 10.1. The Balaban J connectivity index is 1.51. The second-order valence-electron chi connectivity index (χ2n) is 6.53. The van der Waals surface area contributed by atoms with E-state index in [4.69, 9.17) is 11.6 Å². The van der Waals surface area contributed by atoms with Crippen LogP contribution in [0.2, 0.25) is 5.15 Å². The van der Waals surface area contributed by atoms with Gasteiger partial charge in [0.1, 0.15) is 10.0 Å². The predicted octanol–water partition coefficient (Wildman–Crippen LogP) is 2.88. The number of likely N-dealkylation sites (tertiary alicyclic amines) is 1. The third-order valence-electron chi connectivity index (χ3n) is 4.40. The fourth-order valence-electron chi connectivity index (χ4n) is 3.01. The van der Waals surface area contributed by atoms with Crippen molar-refractivity contribution in [1.82, 2.24) is 14.6 Å². The molecule has 150 valence electrons. The summed E-state index contributed by atoms with van der Waals surface area (Å²) in [6, 6.07) is 10.5. The first-order chi connectivity index (χ1) is 13.3. The van der Waals surface area contributed by atoms with Crippen LogP contribution in [-0.2, 0) is 14.8 Å². The zero-order valence-electron chi connectivity index (χ0n) is 14.9. The zero-order valence-corrected chi connectivity index (χ0v) is 18.1. The van der Waals surface area contributed by atoms with Gasteiger partial charge in [-0.05, 0) is 47.0 Å². The zero-order chi connectivity index (χ0) is 20.1. The number of pyridine rings is 1. The molecule has 1 fully saturated rings. The number of nitrogens with one attached hydrogen (secondary N) is 2. The van der Waals surface area contributed by atoms with E-state index in [1.807, 2.05) is 35.2 Å². The molecule has 2 aromatic rings. The van der Waals surface area contributed by atoms with Crippen molar-refractivity contribution >= 4 is 49.1 Å². The molecule has 0 unspecified atom stereocenters. The molecule has 1 aromatic heterocycles. The van der Waals surface area contributed by atoms with Gasteiger partial charge >= 0.3 is 0 Å². The molecule has 2 heterocycles. The Morgan fingerprint density at radius 2 is 1.93 bits per heavy atom. The highest BCUT2D eigenvalue weighted by atomic mass is 79.9. The number of rotatable bonds is 6. The average molecular weight is 488 g/mol. The van der Waals surface area contributed by atoms with E-state index in [1.54, 1.807) is 0 Å². The SMILES string of the molecule is O=C(CN1CCC(NS(=O)(=O)c2cc(Br)cnc2Cl)CC1)Nc1ccccc1. The van der Waals surface area contributed by atoms with Crippen molar-refractivity contribution < 1.29 is 13.2 Å². The van der Waals surface area contributed by atoms with Gasteiger partial charge in [0.25, 0.3) is 0 Å². The van der Waals surface area contributed by atoms with E-state index in [1.165, 1.54) is 12.3 Å². The van der Waals surface area contributed by atoms with Crippen LogP contribution < -0.4 is 10.0 Å². The number of piperidine rings is 1. The van der Waals surface area contributed by atoms with Crippen molar-refractivity contribution in [2.24, 2.45) is 0 Å². The molecule has 0 aliphatic carbocycles. The first-order valence-electron chi connectivity index (χ1n) is 8.74. The lowest BCUT2D eigenvalue weighted by molar-refractivity contribution is -0.117. The summed E-state index contributed by atoms with van der Waals surface area (Å²) in [7, 11) is -3.77. The van der Waals surface area contributed by atoms with Gasteiger partial charge in [0.05, 0.1) is 6.54 Å². The number of aromatic nitrogens is 1. The summed E-state index contributed by atoms with van der Waals surface area (Å²) >= 11 is 9.15. The Morgan fingerprint density at radius 1 is 1.25 bits per heavy atom. The van der Waals surface area contributed by atoms with Gasteiger partial charge in [-0.25, -0.2) is 18.1 Å². The number of sulfonamides is 1. The van der Waals surface area contributed by atoms with Gasteiger partial charge in [0.2, 0.25) is 15.9 Å². The Kier molecular flexibility index (Phi) is 7.05. The molecule has 0 spiro atoms. The molecule has 1 aliphatic rings. The van der Waals surface area contributed by atoms with Crippen LogP contribution in [0.3, 0.4) is 0 Å². The fourth-order valence-corrected chi connectivity index (χ4v) is 5.26. The minimum Gasteiger partial charge on any atom is -0.325 e. The number of carbonyl (C=O) groups is 1. The molecule has 0 saturated carbocycles. The third kappa shape index (κ3) is 5.74. The molecule has 1 amide bonds. The smallest absolute Gasteiger partial charge is 0.243 e. The number of carbonyl (C=O) groups excluding carboxylic acids is 1. The molecule has 1 saturated heterocycles. The molecule has 3 rings (SSSR count). The number of benzene rings is 1. The van der Waals surface area contributed by atoms with Crippen LogP contribution in [0.5, 0.6) is 0 Å². The van der Waals surface area contributed by atoms with E-state index in [-0.39, 0.29) is 28.5 Å². The summed E-state index contributed by atoms with van der Waals surface area (Å²) in [6.07, 6.45) is 2.66. The van der Waals surface area contributed by atoms with Crippen LogP contribution in [0.1, 0.15) is 12.8 Å². The van der Waals surface area contributed by atoms with Crippen molar-refractivity contribution in [3.05, 3.63) is 52.2 Å². The summed E-state index contributed by atoms with van der Waals surface area (Å²) in [5, 5.41) is 2.79. The number of halogens is 2. The van der Waals surface area contributed by atoms with Gasteiger partial charge in [-0.2, -0.15) is 0 Å². The highest BCUT2D eigenvalue weighted by Gasteiger charge is 2.27. The van der Waals surface area contributed by atoms with Gasteiger partial charge < -0.3 is 5.32 Å². The van der Waals surface area contributed by atoms with Crippen LogP contribution in [0.25, 0.3) is 0 Å². The quantitative estimate of drug-likeness (QED) is 0.612. The van der Waals surface area contributed by atoms with Crippen molar-refractivity contribution in [2.45, 2.75) is 23.8 Å². The summed E-state index contributed by atoms with van der Waals surface area (Å²) in [4.78, 5) is 18.0. The maximum absolute atomic E-state index is 12.6. The average Bonchev–Trinajstić information content (AvgIpc) is 2.66. The Bertz CT molecular complexity index is 935. The minimum absolute atomic E-state index is 0.0480. The summed E-state index contributed by atoms with van der Waals surface area (Å²) in [5.74, 6) is -0.0859. The number of hydrogen-bond donors (Lipinski definition) is 2. The first kappa shape index (κ1) is 21.2. The monoisotopic (exact) mass is 486 g/mol. The Morgan fingerprint density at radius 3 is 2.61 bits per heavy atom. The molecule has 7 nitrogen and oxygen atoms in total. The largest absolute Gasteiger partial charge is 0.325 e. The molecule has 0 atom stereocenters.